The normalized spacial score (nSPS) is 17.6. The summed E-state index contributed by atoms with van der Waals surface area (Å²) < 4.78 is 19.6. The Morgan fingerprint density at radius 1 is 1.40 bits per heavy atom. The number of rotatable bonds is 2. The lowest BCUT2D eigenvalue weighted by molar-refractivity contribution is -0.145. The van der Waals surface area contributed by atoms with Crippen LogP contribution < -0.4 is 0 Å². The maximum atomic E-state index is 13.0. The summed E-state index contributed by atoms with van der Waals surface area (Å²) in [5.74, 6) is -0.510. The molecule has 104 valence electrons. The van der Waals surface area contributed by atoms with Gasteiger partial charge in [0.05, 0.1) is 24.9 Å². The van der Waals surface area contributed by atoms with Gasteiger partial charge in [-0.1, -0.05) is 0 Å². The number of halogens is 1. The second kappa shape index (κ2) is 5.07. The second-order valence-corrected chi connectivity index (χ2v) is 4.97. The SMILES string of the molecule is COC(=O)[C@H]1CCc2c(cnn2-c2ccc(F)cc2)C1. The Morgan fingerprint density at radius 2 is 2.15 bits per heavy atom. The number of carbonyl (C=O) groups is 1. The Morgan fingerprint density at radius 3 is 2.85 bits per heavy atom. The number of nitrogens with zero attached hydrogens (tertiary/aromatic N) is 2. The average molecular weight is 274 g/mol. The first-order chi connectivity index (χ1) is 9.69. The monoisotopic (exact) mass is 274 g/mol. The zero-order valence-electron chi connectivity index (χ0n) is 11.2. The average Bonchev–Trinajstić information content (AvgIpc) is 2.90. The fourth-order valence-corrected chi connectivity index (χ4v) is 2.70. The summed E-state index contributed by atoms with van der Waals surface area (Å²) in [6, 6.07) is 6.25. The molecule has 1 aliphatic rings. The van der Waals surface area contributed by atoms with Gasteiger partial charge in [-0.25, -0.2) is 9.07 Å². The van der Waals surface area contributed by atoms with E-state index in [-0.39, 0.29) is 17.7 Å². The third kappa shape index (κ3) is 2.19. The molecule has 0 unspecified atom stereocenters. The van der Waals surface area contributed by atoms with Crippen molar-refractivity contribution in [2.24, 2.45) is 5.92 Å². The fraction of sp³-hybridized carbons (Fsp3) is 0.333. The van der Waals surface area contributed by atoms with Gasteiger partial charge in [0, 0.05) is 5.69 Å². The van der Waals surface area contributed by atoms with Crippen LogP contribution in [0.1, 0.15) is 17.7 Å². The van der Waals surface area contributed by atoms with E-state index < -0.39 is 0 Å². The molecule has 3 rings (SSSR count). The van der Waals surface area contributed by atoms with E-state index in [1.54, 1.807) is 18.3 Å². The molecule has 0 saturated heterocycles. The van der Waals surface area contributed by atoms with Crippen LogP contribution in [0.2, 0.25) is 0 Å². The van der Waals surface area contributed by atoms with Gasteiger partial charge in [0.2, 0.25) is 0 Å². The van der Waals surface area contributed by atoms with Crippen molar-refractivity contribution in [3.8, 4) is 5.69 Å². The van der Waals surface area contributed by atoms with Gasteiger partial charge in [-0.05, 0) is 49.1 Å². The lowest BCUT2D eigenvalue weighted by atomic mass is 9.88. The van der Waals surface area contributed by atoms with Crippen LogP contribution in [0.3, 0.4) is 0 Å². The predicted octanol–water partition coefficient (Wildman–Crippen LogP) is 2.29. The molecule has 5 heteroatoms. The lowest BCUT2D eigenvalue weighted by Crippen LogP contribution is -2.24. The molecule has 0 bridgehead atoms. The van der Waals surface area contributed by atoms with Gasteiger partial charge >= 0.3 is 5.97 Å². The number of esters is 1. The third-order valence-electron chi connectivity index (χ3n) is 3.76. The molecule has 0 fully saturated rings. The van der Waals surface area contributed by atoms with E-state index in [0.29, 0.717) is 6.42 Å². The van der Waals surface area contributed by atoms with Crippen molar-refractivity contribution >= 4 is 5.97 Å². The van der Waals surface area contributed by atoms with Crippen molar-refractivity contribution in [2.45, 2.75) is 19.3 Å². The summed E-state index contributed by atoms with van der Waals surface area (Å²) in [4.78, 5) is 11.6. The molecule has 1 atom stereocenters. The zero-order valence-corrected chi connectivity index (χ0v) is 11.2. The topological polar surface area (TPSA) is 44.1 Å². The summed E-state index contributed by atoms with van der Waals surface area (Å²) >= 11 is 0. The van der Waals surface area contributed by atoms with Crippen LogP contribution in [-0.2, 0) is 22.4 Å². The molecule has 20 heavy (non-hydrogen) atoms. The van der Waals surface area contributed by atoms with E-state index in [4.69, 9.17) is 4.74 Å². The van der Waals surface area contributed by atoms with Crippen LogP contribution in [0, 0.1) is 11.7 Å². The Bertz CT molecular complexity index is 634. The largest absolute Gasteiger partial charge is 0.469 e. The number of methoxy groups -OCH3 is 1. The summed E-state index contributed by atoms with van der Waals surface area (Å²) in [6.07, 6.45) is 3.97. The van der Waals surface area contributed by atoms with Crippen LogP contribution in [0.15, 0.2) is 30.5 Å². The van der Waals surface area contributed by atoms with Gasteiger partial charge in [-0.15, -0.1) is 0 Å². The molecular weight excluding hydrogens is 259 g/mol. The standard InChI is InChI=1S/C15H15FN2O2/c1-20-15(19)10-2-7-14-11(8-10)9-17-18(14)13-5-3-12(16)4-6-13/h3-6,9-10H,2,7-8H2,1H3/t10-/m0/s1. The first kappa shape index (κ1) is 12.8. The van der Waals surface area contributed by atoms with Crippen molar-refractivity contribution in [1.29, 1.82) is 0 Å². The minimum atomic E-state index is -0.263. The molecule has 4 nitrogen and oxygen atoms in total. The summed E-state index contributed by atoms with van der Waals surface area (Å²) in [5.41, 5.74) is 3.00. The van der Waals surface area contributed by atoms with E-state index >= 15 is 0 Å². The van der Waals surface area contributed by atoms with Gasteiger partial charge in [0.1, 0.15) is 5.82 Å². The second-order valence-electron chi connectivity index (χ2n) is 4.97. The maximum absolute atomic E-state index is 13.0. The molecule has 1 aliphatic carbocycles. The van der Waals surface area contributed by atoms with Gasteiger partial charge in [0.25, 0.3) is 0 Å². The number of benzene rings is 1. The lowest BCUT2D eigenvalue weighted by Gasteiger charge is -2.20. The molecule has 1 aromatic heterocycles. The molecule has 0 amide bonds. The highest BCUT2D eigenvalue weighted by atomic mass is 19.1. The molecule has 0 aliphatic heterocycles. The van der Waals surface area contributed by atoms with E-state index in [2.05, 4.69) is 5.10 Å². The van der Waals surface area contributed by atoms with Crippen LogP contribution >= 0.6 is 0 Å². The summed E-state index contributed by atoms with van der Waals surface area (Å²) in [7, 11) is 1.42. The molecular formula is C15H15FN2O2. The van der Waals surface area contributed by atoms with Crippen molar-refractivity contribution in [1.82, 2.24) is 9.78 Å². The van der Waals surface area contributed by atoms with Crippen molar-refractivity contribution in [2.75, 3.05) is 7.11 Å². The van der Waals surface area contributed by atoms with Gasteiger partial charge in [-0.3, -0.25) is 4.79 Å². The molecule has 2 aromatic rings. The minimum absolute atomic E-state index is 0.0848. The van der Waals surface area contributed by atoms with E-state index in [1.165, 1.54) is 19.2 Å². The maximum Gasteiger partial charge on any atom is 0.309 e. The predicted molar refractivity (Wildman–Crippen MR) is 71.1 cm³/mol. The molecule has 0 spiro atoms. The Balaban J connectivity index is 1.90. The number of ether oxygens (including phenoxy) is 1. The molecule has 1 aromatic carbocycles. The van der Waals surface area contributed by atoms with Gasteiger partial charge < -0.3 is 4.74 Å². The van der Waals surface area contributed by atoms with E-state index in [1.807, 2.05) is 4.68 Å². The first-order valence-corrected chi connectivity index (χ1v) is 6.58. The van der Waals surface area contributed by atoms with Crippen molar-refractivity contribution < 1.29 is 13.9 Å². The Hall–Kier alpha value is -2.17. The molecule has 1 heterocycles. The van der Waals surface area contributed by atoms with Crippen molar-refractivity contribution in [3.05, 3.63) is 47.5 Å². The van der Waals surface area contributed by atoms with E-state index in [0.717, 1.165) is 29.8 Å². The minimum Gasteiger partial charge on any atom is -0.469 e. The highest BCUT2D eigenvalue weighted by molar-refractivity contribution is 5.73. The third-order valence-corrected chi connectivity index (χ3v) is 3.76. The zero-order chi connectivity index (χ0) is 14.1. The van der Waals surface area contributed by atoms with Crippen molar-refractivity contribution in [3.63, 3.8) is 0 Å². The summed E-state index contributed by atoms with van der Waals surface area (Å²) in [5, 5.41) is 4.36. The van der Waals surface area contributed by atoms with Crippen LogP contribution in [0.5, 0.6) is 0 Å². The van der Waals surface area contributed by atoms with E-state index in [9.17, 15) is 9.18 Å². The molecule has 0 radical (unpaired) electrons. The number of fused-ring (bicyclic) bond motifs is 1. The van der Waals surface area contributed by atoms with Crippen LogP contribution in [-0.4, -0.2) is 22.9 Å². The molecule has 0 saturated carbocycles. The Kier molecular flexibility index (Phi) is 3.26. The van der Waals surface area contributed by atoms with Gasteiger partial charge in [0.15, 0.2) is 0 Å². The Labute approximate surface area is 116 Å². The highest BCUT2D eigenvalue weighted by Crippen LogP contribution is 2.28. The first-order valence-electron chi connectivity index (χ1n) is 6.58. The quantitative estimate of drug-likeness (QED) is 0.789. The number of carbonyl (C=O) groups excluding carboxylic acids is 1. The fourth-order valence-electron chi connectivity index (χ4n) is 2.70. The molecule has 0 N–H and O–H groups in total. The smallest absolute Gasteiger partial charge is 0.309 e. The number of hydrogen-bond donors (Lipinski definition) is 0. The van der Waals surface area contributed by atoms with Gasteiger partial charge in [-0.2, -0.15) is 5.10 Å². The van der Waals surface area contributed by atoms with Crippen LogP contribution in [0.25, 0.3) is 5.69 Å². The summed E-state index contributed by atoms with van der Waals surface area (Å²) in [6.45, 7) is 0. The number of hydrogen-bond acceptors (Lipinski definition) is 3. The number of aromatic nitrogens is 2. The van der Waals surface area contributed by atoms with Crippen LogP contribution in [0.4, 0.5) is 4.39 Å². The highest BCUT2D eigenvalue weighted by Gasteiger charge is 2.28.